The minimum Gasteiger partial charge on any atom is -0.291 e. The van der Waals surface area contributed by atoms with Gasteiger partial charge in [-0.2, -0.15) is 0 Å². The molecule has 1 nitrogen and oxygen atoms in total. The van der Waals surface area contributed by atoms with E-state index in [0.29, 0.717) is 6.04 Å². The number of aliphatic imine (C=N–C) groups is 1. The molecular weight excluding hydrogens is 158 g/mol. The molecule has 0 N–H and O–H groups in total. The molecule has 0 bridgehead atoms. The van der Waals surface area contributed by atoms with Gasteiger partial charge < -0.3 is 0 Å². The molecule has 0 radical (unpaired) electrons. The average molecular weight is 181 g/mol. The fourth-order valence-electron chi connectivity index (χ4n) is 2.05. The molecule has 1 heterocycles. The monoisotopic (exact) mass is 181 g/mol. The summed E-state index contributed by atoms with van der Waals surface area (Å²) in [5.74, 6) is 0. The van der Waals surface area contributed by atoms with Crippen molar-refractivity contribution in [1.29, 1.82) is 0 Å². The van der Waals surface area contributed by atoms with Gasteiger partial charge in [0.05, 0.1) is 0 Å². The van der Waals surface area contributed by atoms with E-state index in [1.165, 1.54) is 57.1 Å². The molecule has 0 saturated heterocycles. The maximum atomic E-state index is 4.70. The number of rotatable bonds is 5. The standard InChI is InChI=1S/C12H23N/c1-3-4-5-6-9-12-10-7-8-11(2)13-12/h12H,3-10H2,1-2H3. The van der Waals surface area contributed by atoms with E-state index in [-0.39, 0.29) is 0 Å². The first-order chi connectivity index (χ1) is 6.33. The van der Waals surface area contributed by atoms with Crippen molar-refractivity contribution < 1.29 is 0 Å². The number of hydrogen-bond donors (Lipinski definition) is 0. The number of hydrogen-bond acceptors (Lipinski definition) is 1. The third kappa shape index (κ3) is 4.44. The van der Waals surface area contributed by atoms with Crippen LogP contribution in [0.25, 0.3) is 0 Å². The highest BCUT2D eigenvalue weighted by molar-refractivity contribution is 5.82. The van der Waals surface area contributed by atoms with Gasteiger partial charge >= 0.3 is 0 Å². The molecule has 0 aromatic heterocycles. The molecule has 0 aromatic rings. The van der Waals surface area contributed by atoms with Gasteiger partial charge in [-0.15, -0.1) is 0 Å². The fourth-order valence-corrected chi connectivity index (χ4v) is 2.05. The molecule has 0 fully saturated rings. The Morgan fingerprint density at radius 3 is 2.85 bits per heavy atom. The summed E-state index contributed by atoms with van der Waals surface area (Å²) in [4.78, 5) is 4.70. The zero-order valence-corrected chi connectivity index (χ0v) is 9.18. The van der Waals surface area contributed by atoms with Crippen LogP contribution in [0.3, 0.4) is 0 Å². The number of unbranched alkanes of at least 4 members (excludes halogenated alkanes) is 3. The molecule has 0 aliphatic carbocycles. The maximum Gasteiger partial charge on any atom is 0.0499 e. The first-order valence-electron chi connectivity index (χ1n) is 5.86. The predicted octanol–water partition coefficient (Wildman–Crippen LogP) is 3.97. The van der Waals surface area contributed by atoms with Crippen molar-refractivity contribution in [2.75, 3.05) is 0 Å². The molecule has 1 atom stereocenters. The predicted molar refractivity (Wildman–Crippen MR) is 59.5 cm³/mol. The van der Waals surface area contributed by atoms with E-state index in [4.69, 9.17) is 4.99 Å². The van der Waals surface area contributed by atoms with E-state index in [1.54, 1.807) is 0 Å². The van der Waals surface area contributed by atoms with Gasteiger partial charge in [0.2, 0.25) is 0 Å². The Morgan fingerprint density at radius 2 is 2.15 bits per heavy atom. The number of nitrogens with zero attached hydrogens (tertiary/aromatic N) is 1. The Hall–Kier alpha value is -0.330. The molecule has 0 saturated carbocycles. The van der Waals surface area contributed by atoms with Crippen molar-refractivity contribution in [3.8, 4) is 0 Å². The molecule has 1 aliphatic rings. The third-order valence-electron chi connectivity index (χ3n) is 2.87. The summed E-state index contributed by atoms with van der Waals surface area (Å²) in [5, 5.41) is 0. The Balaban J connectivity index is 2.10. The van der Waals surface area contributed by atoms with E-state index in [1.807, 2.05) is 0 Å². The molecule has 1 rings (SSSR count). The lowest BCUT2D eigenvalue weighted by molar-refractivity contribution is 0.498. The summed E-state index contributed by atoms with van der Waals surface area (Å²) < 4.78 is 0. The van der Waals surface area contributed by atoms with Crippen LogP contribution in [0.2, 0.25) is 0 Å². The van der Waals surface area contributed by atoms with E-state index >= 15 is 0 Å². The normalized spacial score (nSPS) is 22.9. The van der Waals surface area contributed by atoms with Crippen molar-refractivity contribution in [3.05, 3.63) is 0 Å². The topological polar surface area (TPSA) is 12.4 Å². The second-order valence-electron chi connectivity index (χ2n) is 4.26. The first kappa shape index (κ1) is 10.7. The fraction of sp³-hybridized carbons (Fsp3) is 0.917. The lowest BCUT2D eigenvalue weighted by Crippen LogP contribution is -2.13. The molecule has 1 unspecified atom stereocenters. The maximum absolute atomic E-state index is 4.70. The molecule has 1 heteroatoms. The van der Waals surface area contributed by atoms with Crippen LogP contribution in [0.5, 0.6) is 0 Å². The summed E-state index contributed by atoms with van der Waals surface area (Å²) in [6.45, 7) is 4.45. The molecule has 13 heavy (non-hydrogen) atoms. The smallest absolute Gasteiger partial charge is 0.0499 e. The van der Waals surface area contributed by atoms with Gasteiger partial charge in [0, 0.05) is 11.8 Å². The zero-order valence-electron chi connectivity index (χ0n) is 9.18. The molecular formula is C12H23N. The van der Waals surface area contributed by atoms with Crippen LogP contribution in [0.4, 0.5) is 0 Å². The van der Waals surface area contributed by atoms with Gasteiger partial charge in [0.25, 0.3) is 0 Å². The molecule has 1 aliphatic heterocycles. The minimum atomic E-state index is 0.672. The Bertz CT molecular complexity index is 161. The highest BCUT2D eigenvalue weighted by Gasteiger charge is 2.11. The Morgan fingerprint density at radius 1 is 1.31 bits per heavy atom. The summed E-state index contributed by atoms with van der Waals surface area (Å²) >= 11 is 0. The third-order valence-corrected chi connectivity index (χ3v) is 2.87. The van der Waals surface area contributed by atoms with Crippen LogP contribution in [0, 0.1) is 0 Å². The molecule has 0 spiro atoms. The van der Waals surface area contributed by atoms with Crippen LogP contribution < -0.4 is 0 Å². The minimum absolute atomic E-state index is 0.672. The first-order valence-corrected chi connectivity index (χ1v) is 5.86. The summed E-state index contributed by atoms with van der Waals surface area (Å²) in [7, 11) is 0. The van der Waals surface area contributed by atoms with Crippen LogP contribution >= 0.6 is 0 Å². The van der Waals surface area contributed by atoms with E-state index in [0.717, 1.165) is 0 Å². The second-order valence-corrected chi connectivity index (χ2v) is 4.26. The van der Waals surface area contributed by atoms with E-state index in [2.05, 4.69) is 13.8 Å². The van der Waals surface area contributed by atoms with Crippen LogP contribution in [0.1, 0.15) is 65.2 Å². The van der Waals surface area contributed by atoms with E-state index in [9.17, 15) is 0 Å². The van der Waals surface area contributed by atoms with Gasteiger partial charge in [-0.3, -0.25) is 4.99 Å². The van der Waals surface area contributed by atoms with Crippen molar-refractivity contribution >= 4 is 5.71 Å². The van der Waals surface area contributed by atoms with Gasteiger partial charge in [-0.25, -0.2) is 0 Å². The largest absolute Gasteiger partial charge is 0.291 e. The summed E-state index contributed by atoms with van der Waals surface area (Å²) in [6, 6.07) is 0.672. The SMILES string of the molecule is CCCCCCC1CCCC(C)=N1. The summed E-state index contributed by atoms with van der Waals surface area (Å²) in [5.41, 5.74) is 1.38. The zero-order chi connectivity index (χ0) is 9.52. The average Bonchev–Trinajstić information content (AvgIpc) is 2.13. The molecule has 0 amide bonds. The molecule has 76 valence electrons. The van der Waals surface area contributed by atoms with Crippen LogP contribution in [-0.4, -0.2) is 11.8 Å². The quantitative estimate of drug-likeness (QED) is 0.569. The van der Waals surface area contributed by atoms with Crippen LogP contribution in [-0.2, 0) is 0 Å². The second kappa shape index (κ2) is 6.17. The lowest BCUT2D eigenvalue weighted by Gasteiger charge is -2.18. The van der Waals surface area contributed by atoms with Crippen LogP contribution in [0.15, 0.2) is 4.99 Å². The van der Waals surface area contributed by atoms with Gasteiger partial charge in [0.1, 0.15) is 0 Å². The van der Waals surface area contributed by atoms with Crippen molar-refractivity contribution in [3.63, 3.8) is 0 Å². The Labute approximate surface area is 82.6 Å². The lowest BCUT2D eigenvalue weighted by atomic mass is 9.98. The van der Waals surface area contributed by atoms with Gasteiger partial charge in [0.15, 0.2) is 0 Å². The highest BCUT2D eigenvalue weighted by atomic mass is 14.8. The highest BCUT2D eigenvalue weighted by Crippen LogP contribution is 2.18. The van der Waals surface area contributed by atoms with E-state index < -0.39 is 0 Å². The molecule has 0 aromatic carbocycles. The van der Waals surface area contributed by atoms with Crippen molar-refractivity contribution in [2.45, 2.75) is 71.3 Å². The Kier molecular flexibility index (Phi) is 5.10. The van der Waals surface area contributed by atoms with Gasteiger partial charge in [-0.05, 0) is 32.6 Å². The summed E-state index contributed by atoms with van der Waals surface area (Å²) in [6.07, 6.45) is 10.8. The van der Waals surface area contributed by atoms with Gasteiger partial charge in [-0.1, -0.05) is 32.6 Å². The van der Waals surface area contributed by atoms with Crippen molar-refractivity contribution in [1.82, 2.24) is 0 Å². The van der Waals surface area contributed by atoms with Crippen molar-refractivity contribution in [2.24, 2.45) is 4.99 Å².